The predicted octanol–water partition coefficient (Wildman–Crippen LogP) is 3.71. The first-order valence-electron chi connectivity index (χ1n) is 8.04. The van der Waals surface area contributed by atoms with Gasteiger partial charge in [0.2, 0.25) is 0 Å². The van der Waals surface area contributed by atoms with Crippen LogP contribution in [0.5, 0.6) is 0 Å². The van der Waals surface area contributed by atoms with Crippen LogP contribution in [0.3, 0.4) is 0 Å². The number of hydrogen-bond acceptors (Lipinski definition) is 2. The van der Waals surface area contributed by atoms with Crippen molar-refractivity contribution in [3.63, 3.8) is 0 Å². The van der Waals surface area contributed by atoms with Crippen LogP contribution in [-0.4, -0.2) is 59.2 Å². The molecule has 2 aliphatic heterocycles. The molecule has 0 saturated carbocycles. The summed E-state index contributed by atoms with van der Waals surface area (Å²) in [5.74, 6) is -2.54. The normalized spacial score (nSPS) is 28.4. The average Bonchev–Trinajstić information content (AvgIpc) is 2.94. The van der Waals surface area contributed by atoms with Gasteiger partial charge in [0.25, 0.3) is 5.92 Å². The summed E-state index contributed by atoms with van der Waals surface area (Å²) in [6.07, 6.45) is 1.62. The molecule has 0 aromatic rings. The van der Waals surface area contributed by atoms with Crippen LogP contribution in [0.1, 0.15) is 53.4 Å². The molecule has 0 bridgehead atoms. The van der Waals surface area contributed by atoms with Gasteiger partial charge >= 0.3 is 0 Å². The molecule has 21 heavy (non-hydrogen) atoms. The quantitative estimate of drug-likeness (QED) is 0.764. The Morgan fingerprint density at radius 2 is 1.57 bits per heavy atom. The number of likely N-dealkylation sites (tertiary alicyclic amines) is 2. The molecule has 0 unspecified atom stereocenters. The number of nitrogens with zero attached hydrogens (tertiary/aromatic N) is 2. The van der Waals surface area contributed by atoms with Gasteiger partial charge in [-0.25, -0.2) is 13.2 Å². The zero-order chi connectivity index (χ0) is 15.9. The van der Waals surface area contributed by atoms with Crippen molar-refractivity contribution in [2.75, 3.05) is 26.2 Å². The maximum Gasteiger partial charge on any atom is 0.261 e. The smallest absolute Gasteiger partial charge is 0.261 e. The van der Waals surface area contributed by atoms with E-state index in [1.54, 1.807) is 0 Å². The Kier molecular flexibility index (Phi) is 4.66. The largest absolute Gasteiger partial charge is 0.295 e. The van der Waals surface area contributed by atoms with Crippen LogP contribution in [0.15, 0.2) is 0 Å². The SMILES string of the molecule is CC(C)(CCC(C)(C)N1CCC(F)(F)C1)N1CC[C@@H](F)C1. The fraction of sp³-hybridized carbons (Fsp3) is 1.00. The molecule has 0 radical (unpaired) electrons. The average molecular weight is 306 g/mol. The first-order chi connectivity index (χ1) is 9.52. The molecule has 2 fully saturated rings. The monoisotopic (exact) mass is 306 g/mol. The van der Waals surface area contributed by atoms with Crippen molar-refractivity contribution in [3.05, 3.63) is 0 Å². The van der Waals surface area contributed by atoms with Gasteiger partial charge in [-0.15, -0.1) is 0 Å². The second-order valence-electron chi connectivity index (χ2n) is 7.98. The van der Waals surface area contributed by atoms with Gasteiger partial charge in [-0.1, -0.05) is 0 Å². The minimum absolute atomic E-state index is 0.0323. The van der Waals surface area contributed by atoms with Gasteiger partial charge in [0.15, 0.2) is 0 Å². The Balaban J connectivity index is 1.89. The summed E-state index contributed by atoms with van der Waals surface area (Å²) in [5.41, 5.74) is -0.299. The van der Waals surface area contributed by atoms with E-state index in [-0.39, 0.29) is 24.0 Å². The van der Waals surface area contributed by atoms with Gasteiger partial charge < -0.3 is 0 Å². The van der Waals surface area contributed by atoms with Crippen molar-refractivity contribution in [2.24, 2.45) is 0 Å². The number of alkyl halides is 3. The van der Waals surface area contributed by atoms with Crippen LogP contribution < -0.4 is 0 Å². The zero-order valence-electron chi connectivity index (χ0n) is 13.8. The van der Waals surface area contributed by atoms with Gasteiger partial charge in [-0.3, -0.25) is 9.80 Å². The van der Waals surface area contributed by atoms with E-state index in [9.17, 15) is 13.2 Å². The van der Waals surface area contributed by atoms with Crippen LogP contribution in [0.4, 0.5) is 13.2 Å². The standard InChI is InChI=1S/C16H29F3N2/c1-14(2,20-9-5-13(17)11-20)6-7-15(3,4)21-10-8-16(18,19)12-21/h13H,5-12H2,1-4H3/t13-/m1/s1. The summed E-state index contributed by atoms with van der Waals surface area (Å²) in [6, 6.07) is 0. The van der Waals surface area contributed by atoms with Crippen molar-refractivity contribution in [3.8, 4) is 0 Å². The van der Waals surface area contributed by atoms with E-state index >= 15 is 0 Å². The topological polar surface area (TPSA) is 6.48 Å². The highest BCUT2D eigenvalue weighted by atomic mass is 19.3. The van der Waals surface area contributed by atoms with E-state index in [4.69, 9.17) is 0 Å². The molecule has 2 saturated heterocycles. The van der Waals surface area contributed by atoms with Crippen molar-refractivity contribution in [1.29, 1.82) is 0 Å². The van der Waals surface area contributed by atoms with Gasteiger partial charge in [-0.2, -0.15) is 0 Å². The molecule has 2 nitrogen and oxygen atoms in total. The van der Waals surface area contributed by atoms with E-state index in [0.717, 1.165) is 19.4 Å². The Morgan fingerprint density at radius 1 is 1.00 bits per heavy atom. The maximum atomic E-state index is 13.4. The molecule has 0 spiro atoms. The molecule has 1 atom stereocenters. The van der Waals surface area contributed by atoms with Crippen molar-refractivity contribution in [2.45, 2.75) is 76.6 Å². The second kappa shape index (κ2) is 5.73. The Morgan fingerprint density at radius 3 is 2.00 bits per heavy atom. The van der Waals surface area contributed by atoms with Crippen molar-refractivity contribution >= 4 is 0 Å². The zero-order valence-corrected chi connectivity index (χ0v) is 13.8. The molecule has 0 aromatic carbocycles. The summed E-state index contributed by atoms with van der Waals surface area (Å²) >= 11 is 0. The molecule has 5 heteroatoms. The van der Waals surface area contributed by atoms with Crippen LogP contribution in [0.25, 0.3) is 0 Å². The molecule has 2 rings (SSSR count). The second-order valence-corrected chi connectivity index (χ2v) is 7.98. The van der Waals surface area contributed by atoms with Crippen LogP contribution in [-0.2, 0) is 0 Å². The highest BCUT2D eigenvalue weighted by molar-refractivity contribution is 4.95. The highest BCUT2D eigenvalue weighted by Crippen LogP contribution is 2.36. The fourth-order valence-electron chi connectivity index (χ4n) is 3.45. The van der Waals surface area contributed by atoms with E-state index < -0.39 is 12.1 Å². The Bertz CT molecular complexity index is 369. The minimum Gasteiger partial charge on any atom is -0.295 e. The Labute approximate surface area is 126 Å². The third-order valence-corrected chi connectivity index (χ3v) is 5.36. The highest BCUT2D eigenvalue weighted by Gasteiger charge is 2.44. The van der Waals surface area contributed by atoms with Crippen molar-refractivity contribution in [1.82, 2.24) is 9.80 Å². The van der Waals surface area contributed by atoms with E-state index in [0.29, 0.717) is 19.5 Å². The molecule has 2 aliphatic rings. The summed E-state index contributed by atoms with van der Waals surface area (Å²) in [5, 5.41) is 0. The molecule has 0 aliphatic carbocycles. The van der Waals surface area contributed by atoms with Crippen molar-refractivity contribution < 1.29 is 13.2 Å². The van der Waals surface area contributed by atoms with Crippen LogP contribution in [0, 0.1) is 0 Å². The molecule has 124 valence electrons. The van der Waals surface area contributed by atoms with Gasteiger partial charge in [0.05, 0.1) is 6.54 Å². The molecular formula is C16H29F3N2. The molecule has 2 heterocycles. The first-order valence-corrected chi connectivity index (χ1v) is 8.04. The summed E-state index contributed by atoms with van der Waals surface area (Å²) in [4.78, 5) is 4.11. The van der Waals surface area contributed by atoms with Crippen LogP contribution >= 0.6 is 0 Å². The number of halogens is 3. The summed E-state index contributed by atoms with van der Waals surface area (Å²) in [7, 11) is 0. The lowest BCUT2D eigenvalue weighted by Gasteiger charge is -2.41. The lowest BCUT2D eigenvalue weighted by molar-refractivity contribution is -0.00373. The van der Waals surface area contributed by atoms with Crippen LogP contribution in [0.2, 0.25) is 0 Å². The van der Waals surface area contributed by atoms with Gasteiger partial charge in [0, 0.05) is 37.1 Å². The van der Waals surface area contributed by atoms with E-state index in [1.807, 2.05) is 18.7 Å². The number of hydrogen-bond donors (Lipinski definition) is 0. The first kappa shape index (κ1) is 17.1. The maximum absolute atomic E-state index is 13.4. The molecule has 0 aromatic heterocycles. The minimum atomic E-state index is -2.54. The lowest BCUT2D eigenvalue weighted by Crippen LogP contribution is -2.48. The summed E-state index contributed by atoms with van der Waals surface area (Å²) in [6.45, 7) is 10.0. The molecule has 0 amide bonds. The van der Waals surface area contributed by atoms with E-state index in [2.05, 4.69) is 18.7 Å². The molecule has 0 N–H and O–H groups in total. The van der Waals surface area contributed by atoms with E-state index in [1.165, 1.54) is 0 Å². The predicted molar refractivity (Wildman–Crippen MR) is 79.6 cm³/mol. The van der Waals surface area contributed by atoms with Gasteiger partial charge in [0.1, 0.15) is 6.17 Å². The lowest BCUT2D eigenvalue weighted by atomic mass is 9.87. The third-order valence-electron chi connectivity index (χ3n) is 5.36. The van der Waals surface area contributed by atoms with Gasteiger partial charge in [-0.05, 0) is 47.0 Å². The number of rotatable bonds is 5. The molecular weight excluding hydrogens is 277 g/mol. The summed E-state index contributed by atoms with van der Waals surface area (Å²) < 4.78 is 40.2. The fourth-order valence-corrected chi connectivity index (χ4v) is 3.45. The third kappa shape index (κ3) is 4.13. The Hall–Kier alpha value is -0.290.